The molecule has 160 valence electrons. The highest BCUT2D eigenvalue weighted by Gasteiger charge is 2.26. The predicted molar refractivity (Wildman–Crippen MR) is 124 cm³/mol. The smallest absolute Gasteiger partial charge is 0.276 e. The number of para-hydroxylation sites is 2. The lowest BCUT2D eigenvalue weighted by Crippen LogP contribution is -2.33. The van der Waals surface area contributed by atoms with Gasteiger partial charge in [-0.05, 0) is 43.8 Å². The van der Waals surface area contributed by atoms with Crippen molar-refractivity contribution in [2.45, 2.75) is 19.9 Å². The third-order valence-electron chi connectivity index (χ3n) is 5.81. The van der Waals surface area contributed by atoms with E-state index in [1.165, 1.54) is 0 Å². The Morgan fingerprint density at radius 3 is 2.77 bits per heavy atom. The molecular weight excluding hydrogens is 392 g/mol. The number of H-pyrrole nitrogens is 2. The van der Waals surface area contributed by atoms with E-state index in [0.717, 1.165) is 18.4 Å². The number of nitrogens with one attached hydrogen (secondary N) is 3. The lowest BCUT2D eigenvalue weighted by atomic mass is 10.1. The van der Waals surface area contributed by atoms with Crippen LogP contribution in [0.25, 0.3) is 33.3 Å². The largest absolute Gasteiger partial charge is 0.396 e. The Morgan fingerprint density at radius 1 is 1.19 bits per heavy atom. The van der Waals surface area contributed by atoms with Crippen LogP contribution in [0.3, 0.4) is 0 Å². The highest BCUT2D eigenvalue weighted by atomic mass is 16.2. The second-order valence-corrected chi connectivity index (χ2v) is 7.63. The number of amides is 1. The molecule has 1 aliphatic rings. The van der Waals surface area contributed by atoms with Gasteiger partial charge in [0, 0.05) is 35.6 Å². The zero-order valence-corrected chi connectivity index (χ0v) is 16.5. The number of likely N-dealkylation sites (N-methyl/N-ethyl adjacent to an activating group) is 1. The van der Waals surface area contributed by atoms with E-state index in [4.69, 9.17) is 5.73 Å². The summed E-state index contributed by atoms with van der Waals surface area (Å²) < 4.78 is 0. The molecule has 1 saturated heterocycles. The summed E-state index contributed by atoms with van der Waals surface area (Å²) in [5.74, 6) is -0.00829. The van der Waals surface area contributed by atoms with Crippen molar-refractivity contribution in [1.29, 1.82) is 0 Å². The molecule has 1 aliphatic heterocycles. The summed E-state index contributed by atoms with van der Waals surface area (Å²) in [5.41, 5.74) is 9.78. The number of benzene rings is 2. The van der Waals surface area contributed by atoms with Gasteiger partial charge in [0.25, 0.3) is 11.5 Å². The fraction of sp³-hybridized carbons (Fsp3) is 0.261. The lowest BCUT2D eigenvalue weighted by Gasteiger charge is -2.16. The van der Waals surface area contributed by atoms with Gasteiger partial charge in [-0.25, -0.2) is 4.98 Å². The highest BCUT2D eigenvalue weighted by molar-refractivity contribution is 6.04. The number of aromatic nitrogens is 3. The Morgan fingerprint density at radius 2 is 2.00 bits per heavy atom. The SMILES string of the molecule is C.CN[C@@H]1CCN(C(=O)c2ccc3c(N)c(-c4nc5ccccc5[nH]c4=O)[nH]c3c2)C1. The maximum atomic E-state index is 12.9. The molecule has 0 saturated carbocycles. The second kappa shape index (κ2) is 7.88. The highest BCUT2D eigenvalue weighted by Crippen LogP contribution is 2.31. The van der Waals surface area contributed by atoms with E-state index in [1.54, 1.807) is 18.2 Å². The van der Waals surface area contributed by atoms with Crippen LogP contribution in [-0.4, -0.2) is 51.9 Å². The molecule has 4 aromatic rings. The summed E-state index contributed by atoms with van der Waals surface area (Å²) >= 11 is 0. The zero-order chi connectivity index (χ0) is 20.8. The van der Waals surface area contributed by atoms with Crippen molar-refractivity contribution in [3.05, 3.63) is 58.4 Å². The number of aromatic amines is 2. The first kappa shape index (κ1) is 20.6. The van der Waals surface area contributed by atoms with Gasteiger partial charge in [-0.1, -0.05) is 19.6 Å². The first-order valence-corrected chi connectivity index (χ1v) is 9.92. The zero-order valence-electron chi connectivity index (χ0n) is 16.5. The molecule has 2 aromatic carbocycles. The van der Waals surface area contributed by atoms with Gasteiger partial charge in [0.2, 0.25) is 0 Å². The molecule has 0 bridgehead atoms. The first-order chi connectivity index (χ1) is 14.5. The van der Waals surface area contributed by atoms with Crippen LogP contribution < -0.4 is 16.6 Å². The number of anilines is 1. The molecule has 0 aliphatic carbocycles. The van der Waals surface area contributed by atoms with Crippen molar-refractivity contribution in [1.82, 2.24) is 25.2 Å². The van der Waals surface area contributed by atoms with Gasteiger partial charge in [0.15, 0.2) is 5.69 Å². The molecule has 8 nitrogen and oxygen atoms in total. The number of fused-ring (bicyclic) bond motifs is 2. The number of nitrogen functional groups attached to an aromatic ring is 1. The van der Waals surface area contributed by atoms with E-state index in [0.29, 0.717) is 46.1 Å². The van der Waals surface area contributed by atoms with Crippen LogP contribution in [0.5, 0.6) is 0 Å². The molecule has 31 heavy (non-hydrogen) atoms. The van der Waals surface area contributed by atoms with Crippen LogP contribution in [-0.2, 0) is 0 Å². The monoisotopic (exact) mass is 418 g/mol. The van der Waals surface area contributed by atoms with Gasteiger partial charge in [0.05, 0.1) is 22.4 Å². The number of nitrogens with two attached hydrogens (primary N) is 1. The van der Waals surface area contributed by atoms with Crippen LogP contribution in [0.4, 0.5) is 5.69 Å². The molecule has 5 rings (SSSR count). The quantitative estimate of drug-likeness (QED) is 0.408. The Hall–Kier alpha value is -3.65. The average Bonchev–Trinajstić information content (AvgIpc) is 3.37. The van der Waals surface area contributed by atoms with Crippen LogP contribution >= 0.6 is 0 Å². The Balaban J connectivity index is 0.00000231. The van der Waals surface area contributed by atoms with Crippen LogP contribution in [0.15, 0.2) is 47.3 Å². The maximum absolute atomic E-state index is 12.9. The maximum Gasteiger partial charge on any atom is 0.276 e. The van der Waals surface area contributed by atoms with Gasteiger partial charge in [-0.3, -0.25) is 9.59 Å². The van der Waals surface area contributed by atoms with Gasteiger partial charge in [-0.15, -0.1) is 0 Å². The van der Waals surface area contributed by atoms with Gasteiger partial charge in [-0.2, -0.15) is 0 Å². The molecule has 0 spiro atoms. The molecule has 5 N–H and O–H groups in total. The van der Waals surface area contributed by atoms with Crippen LogP contribution in [0.2, 0.25) is 0 Å². The van der Waals surface area contributed by atoms with Gasteiger partial charge >= 0.3 is 0 Å². The molecule has 3 heterocycles. The van der Waals surface area contributed by atoms with Gasteiger partial charge < -0.3 is 25.9 Å². The normalized spacial score (nSPS) is 16.0. The second-order valence-electron chi connectivity index (χ2n) is 7.63. The molecule has 1 amide bonds. The van der Waals surface area contributed by atoms with E-state index in [9.17, 15) is 9.59 Å². The fourth-order valence-electron chi connectivity index (χ4n) is 4.10. The number of hydrogen-bond acceptors (Lipinski definition) is 5. The van der Waals surface area contributed by atoms with Crippen molar-refractivity contribution >= 4 is 33.5 Å². The van der Waals surface area contributed by atoms with Crippen molar-refractivity contribution in [2.24, 2.45) is 0 Å². The minimum Gasteiger partial charge on any atom is -0.396 e. The summed E-state index contributed by atoms with van der Waals surface area (Å²) in [5, 5.41) is 3.98. The van der Waals surface area contributed by atoms with E-state index in [2.05, 4.69) is 20.3 Å². The lowest BCUT2D eigenvalue weighted by molar-refractivity contribution is 0.0790. The fourth-order valence-corrected chi connectivity index (χ4v) is 4.10. The Kier molecular flexibility index (Phi) is 5.24. The van der Waals surface area contributed by atoms with E-state index >= 15 is 0 Å². The minimum absolute atomic E-state index is 0. The number of carbonyl (C=O) groups excluding carboxylic acids is 1. The Bertz CT molecular complexity index is 1340. The standard InChI is InChI=1S/C22H22N6O2.CH4/c1-24-13-8-9-28(11-13)22(30)12-6-7-14-17(10-12)26-19(18(14)23)20-21(29)27-16-5-3-2-4-15(16)25-20;/h2-7,10,13,24,26H,8-9,11,23H2,1H3,(H,27,29);1H4/t13-;/m1./s1. The first-order valence-electron chi connectivity index (χ1n) is 9.92. The van der Waals surface area contributed by atoms with Crippen molar-refractivity contribution < 1.29 is 4.79 Å². The van der Waals surface area contributed by atoms with E-state index < -0.39 is 0 Å². The van der Waals surface area contributed by atoms with E-state index in [1.807, 2.05) is 36.2 Å². The van der Waals surface area contributed by atoms with Crippen LogP contribution in [0.1, 0.15) is 24.2 Å². The molecule has 0 radical (unpaired) electrons. The predicted octanol–water partition coefficient (Wildman–Crippen LogP) is 2.72. The van der Waals surface area contributed by atoms with Crippen molar-refractivity contribution in [2.75, 3.05) is 25.9 Å². The van der Waals surface area contributed by atoms with Gasteiger partial charge in [0.1, 0.15) is 0 Å². The van der Waals surface area contributed by atoms with Crippen molar-refractivity contribution in [3.63, 3.8) is 0 Å². The summed E-state index contributed by atoms with van der Waals surface area (Å²) in [7, 11) is 1.91. The molecule has 1 fully saturated rings. The summed E-state index contributed by atoms with van der Waals surface area (Å²) in [6.45, 7) is 1.43. The minimum atomic E-state index is -0.321. The summed E-state index contributed by atoms with van der Waals surface area (Å²) in [6.07, 6.45) is 0.945. The molecule has 0 unspecified atom stereocenters. The molecular formula is C23H26N6O2. The molecule has 2 aromatic heterocycles. The third-order valence-corrected chi connectivity index (χ3v) is 5.81. The topological polar surface area (TPSA) is 120 Å². The number of nitrogens with zero attached hydrogens (tertiary/aromatic N) is 2. The Labute approximate surface area is 179 Å². The molecule has 1 atom stereocenters. The molecule has 8 heteroatoms. The number of rotatable bonds is 3. The van der Waals surface area contributed by atoms with Crippen LogP contribution in [0, 0.1) is 0 Å². The number of hydrogen-bond donors (Lipinski definition) is 4. The number of carbonyl (C=O) groups is 1. The van der Waals surface area contributed by atoms with Crippen molar-refractivity contribution in [3.8, 4) is 11.4 Å². The average molecular weight is 419 g/mol. The third kappa shape index (κ3) is 3.44. The number of likely N-dealkylation sites (tertiary alicyclic amines) is 1. The summed E-state index contributed by atoms with van der Waals surface area (Å²) in [4.78, 5) is 37.9. The van der Waals surface area contributed by atoms with E-state index in [-0.39, 0.29) is 24.6 Å². The summed E-state index contributed by atoms with van der Waals surface area (Å²) in [6, 6.07) is 13.1.